The molecule has 122 valence electrons. The van der Waals surface area contributed by atoms with Crippen LogP contribution in [0.2, 0.25) is 0 Å². The highest BCUT2D eigenvalue weighted by Gasteiger charge is 2.20. The average Bonchev–Trinajstić information content (AvgIpc) is 2.44. The van der Waals surface area contributed by atoms with Gasteiger partial charge in [0.1, 0.15) is 11.6 Å². The summed E-state index contributed by atoms with van der Waals surface area (Å²) in [6, 6.07) is 8.81. The predicted molar refractivity (Wildman–Crippen MR) is 84.7 cm³/mol. The van der Waals surface area contributed by atoms with Gasteiger partial charge in [0.25, 0.3) is 0 Å². The van der Waals surface area contributed by atoms with Gasteiger partial charge in [-0.15, -0.1) is 0 Å². The van der Waals surface area contributed by atoms with Crippen molar-refractivity contribution < 1.29 is 19.1 Å². The zero-order valence-electron chi connectivity index (χ0n) is 13.5. The predicted octanol–water partition coefficient (Wildman–Crippen LogP) is 2.55. The third kappa shape index (κ3) is 6.97. The Kier molecular flexibility index (Phi) is 6.69. The van der Waals surface area contributed by atoms with Gasteiger partial charge < -0.3 is 20.1 Å². The molecule has 0 bridgehead atoms. The van der Waals surface area contributed by atoms with Crippen LogP contribution < -0.4 is 10.6 Å². The first kappa shape index (κ1) is 17.8. The Bertz CT molecular complexity index is 483. The number of hydrogen-bond acceptors (Lipinski definition) is 5. The number of hydrogen-bond donors (Lipinski definition) is 2. The first-order chi connectivity index (χ1) is 10.3. The zero-order chi connectivity index (χ0) is 16.6. The van der Waals surface area contributed by atoms with Gasteiger partial charge in [0.15, 0.2) is 0 Å². The van der Waals surface area contributed by atoms with Crippen LogP contribution >= 0.6 is 0 Å². The van der Waals surface area contributed by atoms with Crippen molar-refractivity contribution in [3.63, 3.8) is 0 Å². The Labute approximate surface area is 131 Å². The molecule has 1 atom stereocenters. The monoisotopic (exact) mass is 308 g/mol. The third-order valence-electron chi connectivity index (χ3n) is 2.70. The van der Waals surface area contributed by atoms with Gasteiger partial charge in [-0.05, 0) is 39.3 Å². The van der Waals surface area contributed by atoms with Crippen LogP contribution in [0.25, 0.3) is 0 Å². The number of alkyl carbamates (subject to hydrolysis) is 1. The molecule has 0 aliphatic heterocycles. The van der Waals surface area contributed by atoms with E-state index in [9.17, 15) is 9.59 Å². The van der Waals surface area contributed by atoms with Crippen LogP contribution in [0.4, 0.5) is 10.5 Å². The van der Waals surface area contributed by atoms with Gasteiger partial charge in [0.2, 0.25) is 0 Å². The fraction of sp³-hybridized carbons (Fsp3) is 0.500. The van der Waals surface area contributed by atoms with Gasteiger partial charge in [0.05, 0.1) is 7.11 Å². The minimum absolute atomic E-state index is 0.300. The quantitative estimate of drug-likeness (QED) is 0.790. The lowest BCUT2D eigenvalue weighted by Crippen LogP contribution is -2.37. The van der Waals surface area contributed by atoms with Crippen LogP contribution in [0.5, 0.6) is 0 Å². The van der Waals surface area contributed by atoms with Gasteiger partial charge in [-0.3, -0.25) is 0 Å². The van der Waals surface area contributed by atoms with Crippen LogP contribution in [0.3, 0.4) is 0 Å². The minimum atomic E-state index is -0.547. The summed E-state index contributed by atoms with van der Waals surface area (Å²) in [7, 11) is 1.34. The molecule has 1 amide bonds. The van der Waals surface area contributed by atoms with Gasteiger partial charge in [-0.1, -0.05) is 18.2 Å². The van der Waals surface area contributed by atoms with Crippen molar-refractivity contribution in [3.05, 3.63) is 30.3 Å². The van der Waals surface area contributed by atoms with E-state index in [0.29, 0.717) is 13.0 Å². The summed E-state index contributed by atoms with van der Waals surface area (Å²) >= 11 is 0. The number of esters is 1. The van der Waals surface area contributed by atoms with E-state index in [-0.39, 0.29) is 5.97 Å². The van der Waals surface area contributed by atoms with E-state index in [0.717, 1.165) is 5.69 Å². The van der Waals surface area contributed by atoms with E-state index in [1.165, 1.54) is 7.11 Å². The maximum absolute atomic E-state index is 11.8. The average molecular weight is 308 g/mol. The van der Waals surface area contributed by atoms with E-state index < -0.39 is 17.7 Å². The van der Waals surface area contributed by atoms with E-state index in [2.05, 4.69) is 10.6 Å². The van der Waals surface area contributed by atoms with Crippen LogP contribution in [0.15, 0.2) is 30.3 Å². The number of amides is 1. The Hall–Kier alpha value is -2.24. The van der Waals surface area contributed by atoms with Crippen LogP contribution in [0.1, 0.15) is 27.2 Å². The molecule has 0 spiro atoms. The van der Waals surface area contributed by atoms with E-state index >= 15 is 0 Å². The molecule has 0 saturated heterocycles. The lowest BCUT2D eigenvalue weighted by atomic mass is 10.2. The molecule has 0 saturated carbocycles. The topological polar surface area (TPSA) is 76.7 Å². The maximum Gasteiger partial charge on any atom is 0.407 e. The highest BCUT2D eigenvalue weighted by atomic mass is 16.6. The van der Waals surface area contributed by atoms with E-state index in [4.69, 9.17) is 9.47 Å². The molecule has 6 nitrogen and oxygen atoms in total. The molecular formula is C16H24N2O4. The Morgan fingerprint density at radius 3 is 2.36 bits per heavy atom. The fourth-order valence-electron chi connectivity index (χ4n) is 1.76. The van der Waals surface area contributed by atoms with Gasteiger partial charge in [0, 0.05) is 12.2 Å². The largest absolute Gasteiger partial charge is 0.467 e. The molecule has 0 heterocycles. The summed E-state index contributed by atoms with van der Waals surface area (Å²) < 4.78 is 9.92. The lowest BCUT2D eigenvalue weighted by molar-refractivity contribution is -0.141. The summed E-state index contributed by atoms with van der Waals surface area (Å²) in [5, 5.41) is 5.71. The molecule has 0 aliphatic rings. The Morgan fingerprint density at radius 2 is 1.82 bits per heavy atom. The summed E-state index contributed by atoms with van der Waals surface area (Å²) in [6.07, 6.45) is -0.114. The molecule has 1 rings (SSSR count). The minimum Gasteiger partial charge on any atom is -0.467 e. The summed E-state index contributed by atoms with van der Waals surface area (Å²) in [5.41, 5.74) is 0.267. The van der Waals surface area contributed by atoms with Crippen molar-refractivity contribution in [2.45, 2.75) is 38.8 Å². The highest BCUT2D eigenvalue weighted by Crippen LogP contribution is 2.10. The van der Waals surface area contributed by atoms with E-state index in [1.807, 2.05) is 30.3 Å². The number of nitrogens with one attached hydrogen (secondary N) is 2. The molecule has 6 heteroatoms. The SMILES string of the molecule is COC(=O)[C@H](CCNC(=O)OC(C)(C)C)Nc1ccccc1. The molecule has 0 aliphatic carbocycles. The number of rotatable bonds is 6. The molecule has 2 N–H and O–H groups in total. The number of ether oxygens (including phenoxy) is 2. The number of carbonyl (C=O) groups excluding carboxylic acids is 2. The first-order valence-electron chi connectivity index (χ1n) is 7.18. The fourth-order valence-corrected chi connectivity index (χ4v) is 1.76. The lowest BCUT2D eigenvalue weighted by Gasteiger charge is -2.21. The third-order valence-corrected chi connectivity index (χ3v) is 2.70. The number of para-hydroxylation sites is 1. The second-order valence-corrected chi connectivity index (χ2v) is 5.80. The molecule has 0 fully saturated rings. The highest BCUT2D eigenvalue weighted by molar-refractivity contribution is 5.79. The molecule has 22 heavy (non-hydrogen) atoms. The molecule has 0 aromatic heterocycles. The standard InChI is InChI=1S/C16H24N2O4/c1-16(2,3)22-15(20)17-11-10-13(14(19)21-4)18-12-8-6-5-7-9-12/h5-9,13,18H,10-11H2,1-4H3,(H,17,20)/t13-/m0/s1. The normalized spacial score (nSPS) is 12.2. The van der Waals surface area contributed by atoms with Crippen molar-refractivity contribution in [2.24, 2.45) is 0 Å². The maximum atomic E-state index is 11.8. The smallest absolute Gasteiger partial charge is 0.407 e. The van der Waals surface area contributed by atoms with Gasteiger partial charge in [-0.2, -0.15) is 0 Å². The molecular weight excluding hydrogens is 284 g/mol. The second kappa shape index (κ2) is 8.26. The van der Waals surface area contributed by atoms with Crippen molar-refractivity contribution >= 4 is 17.7 Å². The molecule has 0 radical (unpaired) electrons. The van der Waals surface area contributed by atoms with Crippen LogP contribution in [0, 0.1) is 0 Å². The molecule has 1 aromatic rings. The molecule has 0 unspecified atom stereocenters. The van der Waals surface area contributed by atoms with Crippen LogP contribution in [-0.2, 0) is 14.3 Å². The van der Waals surface area contributed by atoms with Gasteiger partial charge >= 0.3 is 12.1 Å². The molecule has 1 aromatic carbocycles. The summed E-state index contributed by atoms with van der Waals surface area (Å²) in [4.78, 5) is 23.4. The van der Waals surface area contributed by atoms with E-state index in [1.54, 1.807) is 20.8 Å². The summed E-state index contributed by atoms with van der Waals surface area (Å²) in [5.74, 6) is -0.380. The van der Waals surface area contributed by atoms with Crippen molar-refractivity contribution in [1.29, 1.82) is 0 Å². The van der Waals surface area contributed by atoms with Crippen molar-refractivity contribution in [1.82, 2.24) is 5.32 Å². The van der Waals surface area contributed by atoms with Crippen molar-refractivity contribution in [2.75, 3.05) is 19.0 Å². The Morgan fingerprint density at radius 1 is 1.18 bits per heavy atom. The number of benzene rings is 1. The van der Waals surface area contributed by atoms with Crippen molar-refractivity contribution in [3.8, 4) is 0 Å². The zero-order valence-corrected chi connectivity index (χ0v) is 13.5. The number of anilines is 1. The second-order valence-electron chi connectivity index (χ2n) is 5.80. The van der Waals surface area contributed by atoms with Crippen LogP contribution in [-0.4, -0.2) is 37.4 Å². The number of methoxy groups -OCH3 is 1. The first-order valence-corrected chi connectivity index (χ1v) is 7.18. The Balaban J connectivity index is 2.49. The number of carbonyl (C=O) groups is 2. The van der Waals surface area contributed by atoms with Gasteiger partial charge in [-0.25, -0.2) is 9.59 Å². The summed E-state index contributed by atoms with van der Waals surface area (Å²) in [6.45, 7) is 5.68.